The van der Waals surface area contributed by atoms with Crippen molar-refractivity contribution in [2.75, 3.05) is 31.3 Å². The van der Waals surface area contributed by atoms with Gasteiger partial charge in [-0.25, -0.2) is 13.8 Å². The molecule has 0 aliphatic heterocycles. The molecule has 1 amide bonds. The molecular weight excluding hydrogens is 230 g/mol. The van der Waals surface area contributed by atoms with Crippen molar-refractivity contribution < 1.29 is 13.6 Å². The number of carbonyl (C=O) groups is 1. The molecule has 5 nitrogen and oxygen atoms in total. The Bertz CT molecular complexity index is 412. The molecule has 0 atom stereocenters. The summed E-state index contributed by atoms with van der Waals surface area (Å²) >= 11 is 0. The van der Waals surface area contributed by atoms with Gasteiger partial charge in [0, 0.05) is 33.1 Å². The maximum Gasteiger partial charge on any atom is 0.221 e. The van der Waals surface area contributed by atoms with Crippen LogP contribution in [0.2, 0.25) is 0 Å². The van der Waals surface area contributed by atoms with Gasteiger partial charge in [0.05, 0.1) is 0 Å². The van der Waals surface area contributed by atoms with Crippen LogP contribution in [0.1, 0.15) is 6.42 Å². The molecule has 0 saturated heterocycles. The Labute approximate surface area is 97.6 Å². The number of pyridine rings is 1. The average molecular weight is 244 g/mol. The normalized spacial score (nSPS) is 9.88. The third-order valence-electron chi connectivity index (χ3n) is 2.09. The number of hydrogen-bond acceptors (Lipinski definition) is 4. The molecule has 0 radical (unpaired) electrons. The van der Waals surface area contributed by atoms with E-state index in [-0.39, 0.29) is 30.5 Å². The number of nitrogens with zero attached hydrogens (tertiary/aromatic N) is 1. The smallest absolute Gasteiger partial charge is 0.221 e. The van der Waals surface area contributed by atoms with Crippen LogP contribution < -0.4 is 16.0 Å². The fourth-order valence-electron chi connectivity index (χ4n) is 1.19. The van der Waals surface area contributed by atoms with Crippen LogP contribution in [-0.4, -0.2) is 31.5 Å². The minimum absolute atomic E-state index is 0.0474. The highest BCUT2D eigenvalue weighted by atomic mass is 19.1. The lowest BCUT2D eigenvalue weighted by Crippen LogP contribution is -2.21. The van der Waals surface area contributed by atoms with Gasteiger partial charge in [-0.3, -0.25) is 4.79 Å². The molecule has 1 heterocycles. The number of rotatable bonds is 5. The molecule has 0 unspecified atom stereocenters. The highest BCUT2D eigenvalue weighted by molar-refractivity contribution is 5.76. The van der Waals surface area contributed by atoms with E-state index in [2.05, 4.69) is 20.9 Å². The van der Waals surface area contributed by atoms with E-state index in [1.807, 2.05) is 0 Å². The summed E-state index contributed by atoms with van der Waals surface area (Å²) in [5.74, 6) is -1.86. The molecular formula is C10H14F2N4O. The Morgan fingerprint density at radius 3 is 2.53 bits per heavy atom. The predicted molar refractivity (Wildman–Crippen MR) is 60.9 cm³/mol. The van der Waals surface area contributed by atoms with Gasteiger partial charge >= 0.3 is 0 Å². The first kappa shape index (κ1) is 13.1. The number of halogens is 2. The Morgan fingerprint density at radius 1 is 1.29 bits per heavy atom. The number of anilines is 2. The van der Waals surface area contributed by atoms with Crippen molar-refractivity contribution in [3.05, 3.63) is 17.7 Å². The van der Waals surface area contributed by atoms with E-state index in [1.54, 1.807) is 0 Å². The van der Waals surface area contributed by atoms with Crippen molar-refractivity contribution >= 4 is 17.5 Å². The highest BCUT2D eigenvalue weighted by Crippen LogP contribution is 2.18. The number of nitrogens with one attached hydrogen (secondary N) is 3. The predicted octanol–water partition coefficient (Wildman–Crippen LogP) is 0.949. The number of carbonyl (C=O) groups excluding carboxylic acids is 1. The zero-order valence-corrected chi connectivity index (χ0v) is 9.60. The Hall–Kier alpha value is -1.92. The van der Waals surface area contributed by atoms with Crippen LogP contribution in [0.5, 0.6) is 0 Å². The van der Waals surface area contributed by atoms with E-state index < -0.39 is 11.6 Å². The van der Waals surface area contributed by atoms with Crippen LogP contribution in [0.4, 0.5) is 20.4 Å². The summed E-state index contributed by atoms with van der Waals surface area (Å²) in [6.07, 6.45) is 0.184. The Balaban J connectivity index is 2.67. The van der Waals surface area contributed by atoms with Gasteiger partial charge in [0.2, 0.25) is 5.91 Å². The van der Waals surface area contributed by atoms with E-state index in [1.165, 1.54) is 14.1 Å². The lowest BCUT2D eigenvalue weighted by atomic mass is 10.3. The van der Waals surface area contributed by atoms with Crippen LogP contribution in [0, 0.1) is 11.6 Å². The lowest BCUT2D eigenvalue weighted by molar-refractivity contribution is -0.120. The van der Waals surface area contributed by atoms with Crippen LogP contribution in [-0.2, 0) is 4.79 Å². The second kappa shape index (κ2) is 5.97. The van der Waals surface area contributed by atoms with E-state index in [0.29, 0.717) is 0 Å². The monoisotopic (exact) mass is 244 g/mol. The number of amides is 1. The molecule has 0 fully saturated rings. The number of hydrogen-bond donors (Lipinski definition) is 3. The van der Waals surface area contributed by atoms with Crippen molar-refractivity contribution in [3.63, 3.8) is 0 Å². The van der Waals surface area contributed by atoms with Gasteiger partial charge in [-0.2, -0.15) is 0 Å². The third-order valence-corrected chi connectivity index (χ3v) is 2.09. The second-order valence-corrected chi connectivity index (χ2v) is 3.25. The lowest BCUT2D eigenvalue weighted by Gasteiger charge is -2.08. The van der Waals surface area contributed by atoms with Crippen molar-refractivity contribution in [1.82, 2.24) is 10.3 Å². The molecule has 0 aliphatic carbocycles. The summed E-state index contributed by atoms with van der Waals surface area (Å²) in [5.41, 5.74) is 0. The van der Waals surface area contributed by atoms with E-state index in [4.69, 9.17) is 0 Å². The van der Waals surface area contributed by atoms with Crippen LogP contribution >= 0.6 is 0 Å². The van der Waals surface area contributed by atoms with E-state index in [0.717, 1.165) is 6.07 Å². The van der Waals surface area contributed by atoms with Crippen LogP contribution in [0.25, 0.3) is 0 Å². The van der Waals surface area contributed by atoms with Crippen LogP contribution in [0.3, 0.4) is 0 Å². The van der Waals surface area contributed by atoms with Gasteiger partial charge in [0.15, 0.2) is 23.3 Å². The molecule has 17 heavy (non-hydrogen) atoms. The van der Waals surface area contributed by atoms with Crippen molar-refractivity contribution in [1.29, 1.82) is 0 Å². The minimum Gasteiger partial charge on any atom is -0.371 e. The van der Waals surface area contributed by atoms with Gasteiger partial charge < -0.3 is 16.0 Å². The first-order valence-electron chi connectivity index (χ1n) is 5.06. The quantitative estimate of drug-likeness (QED) is 0.721. The Morgan fingerprint density at radius 2 is 1.94 bits per heavy atom. The van der Waals surface area contributed by atoms with Gasteiger partial charge in [0.1, 0.15) is 0 Å². The fourth-order valence-corrected chi connectivity index (χ4v) is 1.19. The highest BCUT2D eigenvalue weighted by Gasteiger charge is 2.10. The topological polar surface area (TPSA) is 66.0 Å². The van der Waals surface area contributed by atoms with Gasteiger partial charge in [-0.1, -0.05) is 0 Å². The zero-order valence-electron chi connectivity index (χ0n) is 9.60. The first-order valence-corrected chi connectivity index (χ1v) is 5.06. The largest absolute Gasteiger partial charge is 0.371 e. The van der Waals surface area contributed by atoms with E-state index in [9.17, 15) is 13.6 Å². The van der Waals surface area contributed by atoms with Crippen molar-refractivity contribution in [3.8, 4) is 0 Å². The molecule has 0 aromatic carbocycles. The summed E-state index contributed by atoms with van der Waals surface area (Å²) in [4.78, 5) is 14.6. The summed E-state index contributed by atoms with van der Waals surface area (Å²) in [6.45, 7) is 0.221. The molecule has 3 N–H and O–H groups in total. The van der Waals surface area contributed by atoms with Gasteiger partial charge in [-0.15, -0.1) is 0 Å². The zero-order chi connectivity index (χ0) is 12.8. The summed E-state index contributed by atoms with van der Waals surface area (Å²) in [5, 5.41) is 7.56. The summed E-state index contributed by atoms with van der Waals surface area (Å²) in [7, 11) is 3.00. The molecule has 1 aromatic rings. The SMILES string of the molecule is CNC(=O)CCNc1nc(NC)c(F)cc1F. The molecule has 7 heteroatoms. The molecule has 1 aromatic heterocycles. The van der Waals surface area contributed by atoms with Crippen molar-refractivity contribution in [2.24, 2.45) is 0 Å². The maximum atomic E-state index is 13.3. The third kappa shape index (κ3) is 3.54. The summed E-state index contributed by atoms with van der Waals surface area (Å²) in [6, 6.07) is 0.737. The number of aromatic nitrogens is 1. The fraction of sp³-hybridized carbons (Fsp3) is 0.400. The summed E-state index contributed by atoms with van der Waals surface area (Å²) < 4.78 is 26.4. The standard InChI is InChI=1S/C10H14F2N4O/c1-13-8(17)3-4-15-10-7(12)5-6(11)9(14-2)16-10/h5H,3-4H2,1-2H3,(H,13,17)(H2,14,15,16). The molecule has 1 rings (SSSR count). The molecule has 0 aliphatic rings. The Kier molecular flexibility index (Phi) is 4.62. The molecule has 94 valence electrons. The minimum atomic E-state index is -0.793. The molecule has 0 bridgehead atoms. The van der Waals surface area contributed by atoms with Gasteiger partial charge in [0.25, 0.3) is 0 Å². The second-order valence-electron chi connectivity index (χ2n) is 3.25. The maximum absolute atomic E-state index is 13.3. The molecule has 0 spiro atoms. The molecule has 0 saturated carbocycles. The van der Waals surface area contributed by atoms with Gasteiger partial charge in [-0.05, 0) is 0 Å². The van der Waals surface area contributed by atoms with Crippen LogP contribution in [0.15, 0.2) is 6.07 Å². The van der Waals surface area contributed by atoms with Crippen molar-refractivity contribution in [2.45, 2.75) is 6.42 Å². The first-order chi connectivity index (χ1) is 8.08. The van der Waals surface area contributed by atoms with E-state index >= 15 is 0 Å². The average Bonchev–Trinajstić information content (AvgIpc) is 2.31.